The summed E-state index contributed by atoms with van der Waals surface area (Å²) in [6, 6.07) is 7.51. The van der Waals surface area contributed by atoms with Crippen LogP contribution < -0.4 is 0 Å². The van der Waals surface area contributed by atoms with E-state index in [0.717, 1.165) is 12.1 Å². The zero-order chi connectivity index (χ0) is 20.3. The third-order valence-electron chi connectivity index (χ3n) is 3.88. The number of aromatic carboxylic acids is 1. The Bertz CT molecular complexity index is 969. The van der Waals surface area contributed by atoms with E-state index in [9.17, 15) is 19.1 Å². The van der Waals surface area contributed by atoms with Crippen LogP contribution in [0.3, 0.4) is 0 Å². The van der Waals surface area contributed by atoms with Crippen LogP contribution >= 0.6 is 23.2 Å². The molecule has 0 amide bonds. The van der Waals surface area contributed by atoms with Gasteiger partial charge in [0, 0.05) is 22.2 Å². The van der Waals surface area contributed by atoms with E-state index in [1.165, 1.54) is 13.0 Å². The lowest BCUT2D eigenvalue weighted by Crippen LogP contribution is -2.14. The standard InChI is InChI=1S/C19H13Cl2FNO4/c1-3-27-19(26)9(2)11-4-5-15(22)16(17(11)21)13-7-12(18(24)25)10(8-23)6-14(13)20/h4,6-7,9H,3H2,1-2H3,(H,24,25). The lowest BCUT2D eigenvalue weighted by molar-refractivity contribution is -0.144. The Balaban J connectivity index is 2.72. The van der Waals surface area contributed by atoms with Gasteiger partial charge in [0.15, 0.2) is 0 Å². The minimum absolute atomic E-state index is 0.0234. The number of ether oxygens (including phenoxy) is 1. The van der Waals surface area contributed by atoms with Crippen LogP contribution in [0, 0.1) is 23.2 Å². The molecule has 0 saturated carbocycles. The van der Waals surface area contributed by atoms with Crippen molar-refractivity contribution < 1.29 is 23.8 Å². The molecule has 2 aromatic rings. The summed E-state index contributed by atoms with van der Waals surface area (Å²) in [5, 5.41) is 18.2. The predicted molar refractivity (Wildman–Crippen MR) is 97.4 cm³/mol. The number of carbonyl (C=O) groups is 2. The van der Waals surface area contributed by atoms with Gasteiger partial charge in [-0.05, 0) is 37.6 Å². The van der Waals surface area contributed by atoms with Crippen molar-refractivity contribution in [2.24, 2.45) is 0 Å². The Morgan fingerprint density at radius 3 is 2.63 bits per heavy atom. The Morgan fingerprint density at radius 1 is 1.41 bits per heavy atom. The number of halogens is 3. The number of carboxylic acid groups (broad SMARTS) is 1. The topological polar surface area (TPSA) is 87.4 Å². The Hall–Kier alpha value is -2.62. The lowest BCUT2D eigenvalue weighted by atomic mass is 9.93. The minimum Gasteiger partial charge on any atom is -0.478 e. The van der Waals surface area contributed by atoms with Crippen LogP contribution in [0.5, 0.6) is 0 Å². The van der Waals surface area contributed by atoms with E-state index in [1.54, 1.807) is 13.0 Å². The van der Waals surface area contributed by atoms with Crippen LogP contribution in [0.1, 0.15) is 41.3 Å². The molecule has 1 unspecified atom stereocenters. The van der Waals surface area contributed by atoms with Crippen molar-refractivity contribution in [3.63, 3.8) is 0 Å². The summed E-state index contributed by atoms with van der Waals surface area (Å²) < 4.78 is 19.4. The molecule has 1 radical (unpaired) electrons. The monoisotopic (exact) mass is 408 g/mol. The van der Waals surface area contributed by atoms with Crippen LogP contribution in [0.15, 0.2) is 18.2 Å². The second-order valence-corrected chi connectivity index (χ2v) is 6.30. The average Bonchev–Trinajstić information content (AvgIpc) is 2.62. The van der Waals surface area contributed by atoms with Gasteiger partial charge in [-0.1, -0.05) is 23.2 Å². The molecule has 0 aliphatic rings. The van der Waals surface area contributed by atoms with Crippen molar-refractivity contribution in [1.82, 2.24) is 0 Å². The molecule has 0 bridgehead atoms. The molecule has 1 N–H and O–H groups in total. The first-order valence-corrected chi connectivity index (χ1v) is 8.51. The molecule has 0 spiro atoms. The maximum absolute atomic E-state index is 14.5. The molecule has 27 heavy (non-hydrogen) atoms. The molecular formula is C19H13Cl2FNO4. The van der Waals surface area contributed by atoms with Crippen molar-refractivity contribution in [1.29, 1.82) is 5.26 Å². The van der Waals surface area contributed by atoms with E-state index >= 15 is 0 Å². The maximum atomic E-state index is 14.5. The van der Waals surface area contributed by atoms with Crippen molar-refractivity contribution >= 4 is 35.1 Å². The van der Waals surface area contributed by atoms with Gasteiger partial charge in [-0.3, -0.25) is 4.79 Å². The molecule has 0 aromatic heterocycles. The number of hydrogen-bond donors (Lipinski definition) is 1. The summed E-state index contributed by atoms with van der Waals surface area (Å²) in [6.07, 6.45) is 0. The number of benzene rings is 2. The van der Waals surface area contributed by atoms with Gasteiger partial charge in [0.2, 0.25) is 0 Å². The number of rotatable bonds is 5. The SMILES string of the molecule is CCOC(=O)C(C)c1c[c]c(F)c(-c2cc(C(=O)O)c(C#N)cc2Cl)c1Cl. The number of carbonyl (C=O) groups excluding carboxylic acids is 1. The van der Waals surface area contributed by atoms with Gasteiger partial charge in [0.1, 0.15) is 11.9 Å². The summed E-state index contributed by atoms with van der Waals surface area (Å²) in [5.74, 6) is -3.60. The smallest absolute Gasteiger partial charge is 0.337 e. The average molecular weight is 409 g/mol. The van der Waals surface area contributed by atoms with Crippen LogP contribution in [0.2, 0.25) is 10.0 Å². The Labute approximate surface area is 164 Å². The van der Waals surface area contributed by atoms with Gasteiger partial charge in [-0.2, -0.15) is 5.26 Å². The zero-order valence-electron chi connectivity index (χ0n) is 14.3. The second-order valence-electron chi connectivity index (χ2n) is 5.52. The van der Waals surface area contributed by atoms with Crippen LogP contribution in [0.4, 0.5) is 4.39 Å². The van der Waals surface area contributed by atoms with E-state index < -0.39 is 23.7 Å². The molecule has 2 aromatic carbocycles. The molecule has 0 heterocycles. The first-order chi connectivity index (χ1) is 12.7. The highest BCUT2D eigenvalue weighted by molar-refractivity contribution is 6.37. The fourth-order valence-corrected chi connectivity index (χ4v) is 3.16. The van der Waals surface area contributed by atoms with Crippen molar-refractivity contribution in [2.45, 2.75) is 19.8 Å². The van der Waals surface area contributed by atoms with Crippen molar-refractivity contribution in [2.75, 3.05) is 6.61 Å². The fourth-order valence-electron chi connectivity index (χ4n) is 2.50. The molecule has 2 rings (SSSR count). The van der Waals surface area contributed by atoms with E-state index in [2.05, 4.69) is 6.07 Å². The normalized spacial score (nSPS) is 11.6. The molecule has 8 heteroatoms. The third-order valence-corrected chi connectivity index (χ3v) is 4.60. The third kappa shape index (κ3) is 4.05. The first kappa shape index (κ1) is 20.7. The molecule has 5 nitrogen and oxygen atoms in total. The highest BCUT2D eigenvalue weighted by atomic mass is 35.5. The maximum Gasteiger partial charge on any atom is 0.337 e. The van der Waals surface area contributed by atoms with Crippen molar-refractivity contribution in [3.8, 4) is 17.2 Å². The molecule has 1 atom stereocenters. The number of carboxylic acids is 1. The Kier molecular flexibility index (Phi) is 6.42. The summed E-state index contributed by atoms with van der Waals surface area (Å²) in [6.45, 7) is 3.36. The van der Waals surface area contributed by atoms with Crippen molar-refractivity contribution in [3.05, 3.63) is 56.8 Å². The van der Waals surface area contributed by atoms with E-state index in [0.29, 0.717) is 0 Å². The Morgan fingerprint density at radius 2 is 2.07 bits per heavy atom. The number of nitriles is 1. The summed E-state index contributed by atoms with van der Waals surface area (Å²) in [5.41, 5.74) is -0.500. The molecule has 0 aliphatic heterocycles. The minimum atomic E-state index is -1.37. The fraction of sp³-hybridized carbons (Fsp3) is 0.211. The largest absolute Gasteiger partial charge is 0.478 e. The van der Waals surface area contributed by atoms with E-state index in [1.807, 2.05) is 0 Å². The number of hydrogen-bond acceptors (Lipinski definition) is 4. The zero-order valence-corrected chi connectivity index (χ0v) is 15.8. The molecule has 139 valence electrons. The van der Waals surface area contributed by atoms with Crippen LogP contribution in [-0.4, -0.2) is 23.7 Å². The highest BCUT2D eigenvalue weighted by Crippen LogP contribution is 2.40. The summed E-state index contributed by atoms with van der Waals surface area (Å²) in [7, 11) is 0. The van der Waals surface area contributed by atoms with Gasteiger partial charge in [-0.25, -0.2) is 9.18 Å². The molecule has 0 saturated heterocycles. The van der Waals surface area contributed by atoms with Gasteiger partial charge in [0.25, 0.3) is 0 Å². The quantitative estimate of drug-likeness (QED) is 0.715. The molecule has 0 aliphatic carbocycles. The number of nitrogens with zero attached hydrogens (tertiary/aromatic N) is 1. The van der Waals surface area contributed by atoms with Gasteiger partial charge < -0.3 is 9.84 Å². The molecular weight excluding hydrogens is 396 g/mol. The predicted octanol–water partition coefficient (Wildman–Crippen LogP) is 4.84. The van der Waals surface area contributed by atoms with Gasteiger partial charge >= 0.3 is 11.9 Å². The first-order valence-electron chi connectivity index (χ1n) is 7.76. The van der Waals surface area contributed by atoms with Gasteiger partial charge in [-0.15, -0.1) is 0 Å². The highest BCUT2D eigenvalue weighted by Gasteiger charge is 2.25. The lowest BCUT2D eigenvalue weighted by Gasteiger charge is -2.17. The van der Waals surface area contributed by atoms with E-state index in [-0.39, 0.29) is 44.5 Å². The number of esters is 1. The van der Waals surface area contributed by atoms with Crippen LogP contribution in [-0.2, 0) is 9.53 Å². The second kappa shape index (κ2) is 8.38. The van der Waals surface area contributed by atoms with Gasteiger partial charge in [0.05, 0.1) is 28.7 Å². The molecule has 0 fully saturated rings. The van der Waals surface area contributed by atoms with Crippen LogP contribution in [0.25, 0.3) is 11.1 Å². The summed E-state index contributed by atoms with van der Waals surface area (Å²) in [4.78, 5) is 23.4. The summed E-state index contributed by atoms with van der Waals surface area (Å²) >= 11 is 12.5. The van der Waals surface area contributed by atoms with E-state index in [4.69, 9.17) is 33.2 Å².